The van der Waals surface area contributed by atoms with Gasteiger partial charge in [0.25, 0.3) is 0 Å². The molecule has 730 valence electrons. The molecular weight excluding hydrogens is 1810 g/mol. The van der Waals surface area contributed by atoms with Gasteiger partial charge in [0.15, 0.2) is 99.1 Å². The molecule has 5 aliphatic rings. The van der Waals surface area contributed by atoms with Crippen molar-refractivity contribution in [1.82, 2.24) is 97.6 Å². The van der Waals surface area contributed by atoms with Gasteiger partial charge in [0.05, 0.1) is 62.2 Å². The number of nitrogens with zero attached hydrogens (tertiary/aromatic N) is 20. The Hall–Kier alpha value is -7.26. The molecule has 20 atom stereocenters. The summed E-state index contributed by atoms with van der Waals surface area (Å²) in [5, 5.41) is 109. The number of nitrogen functional groups attached to an aromatic ring is 4. The van der Waals surface area contributed by atoms with Gasteiger partial charge in [-0.2, -0.15) is 0 Å². The summed E-state index contributed by atoms with van der Waals surface area (Å²) in [7, 11) is 0. The van der Waals surface area contributed by atoms with E-state index in [-0.39, 0.29) is 11.6 Å². The highest BCUT2D eigenvalue weighted by Crippen LogP contribution is 2.47. The van der Waals surface area contributed by atoms with Crippen LogP contribution in [0.15, 0.2) is 48.4 Å². The number of thioether (sulfide) groups is 1. The molecule has 10 aromatic rings. The van der Waals surface area contributed by atoms with Crippen LogP contribution < -0.4 is 28.3 Å². The average Bonchev–Trinajstić information content (AvgIpc) is 1.64. The highest BCUT2D eigenvalue weighted by molar-refractivity contribution is 7.98. The van der Waals surface area contributed by atoms with Crippen molar-refractivity contribution in [2.75, 3.05) is 139 Å². The van der Waals surface area contributed by atoms with Crippen LogP contribution in [0.3, 0.4) is 0 Å². The van der Waals surface area contributed by atoms with Crippen LogP contribution >= 0.6 is 46.2 Å². The van der Waals surface area contributed by atoms with E-state index in [4.69, 9.17) is 46.6 Å². The Balaban J connectivity index is 0.000000160. The molecule has 15 heterocycles. The van der Waals surface area contributed by atoms with E-state index in [2.05, 4.69) is 205 Å². The van der Waals surface area contributed by atoms with Gasteiger partial charge in [0, 0.05) is 19.4 Å². The zero-order valence-corrected chi connectivity index (χ0v) is 84.3. The number of anilines is 5. The summed E-state index contributed by atoms with van der Waals surface area (Å²) >= 11 is 1.43. The molecule has 0 bridgehead atoms. The van der Waals surface area contributed by atoms with Gasteiger partial charge in [-0.1, -0.05) is 50.6 Å². The van der Waals surface area contributed by atoms with Crippen molar-refractivity contribution < 1.29 is 74.7 Å². The normalized spacial score (nSPS) is 26.6. The van der Waals surface area contributed by atoms with E-state index in [1.165, 1.54) is 36.3 Å². The van der Waals surface area contributed by atoms with Crippen molar-refractivity contribution in [3.8, 4) is 0 Å². The number of nitrogens with two attached hydrogens (primary N) is 4. The van der Waals surface area contributed by atoms with E-state index >= 15 is 0 Å². The minimum Gasteiger partial charge on any atom is -0.388 e. The second-order valence-corrected chi connectivity index (χ2v) is 60.5. The van der Waals surface area contributed by atoms with E-state index in [0.29, 0.717) is 147 Å². The first kappa shape index (κ1) is 105. The number of aromatic nitrogens is 20. The molecule has 15 rings (SSSR count). The number of rotatable bonds is 30. The Morgan fingerprint density at radius 2 is 0.659 bits per heavy atom. The third-order valence-corrected chi connectivity index (χ3v) is 31.2. The van der Waals surface area contributed by atoms with Crippen molar-refractivity contribution in [1.29, 1.82) is 0 Å². The van der Waals surface area contributed by atoms with Gasteiger partial charge in [-0.15, -0.1) is 65.9 Å². The first-order valence-electron chi connectivity index (χ1n) is 44.4. The molecule has 0 aromatic carbocycles. The summed E-state index contributed by atoms with van der Waals surface area (Å²) in [5.74, 6) is 4.13. The number of nitrogens with one attached hydrogen (secondary N) is 1. The first-order chi connectivity index (χ1) is 61.9. The number of unbranched alkanes of at least 4 members (excludes halogenated alkanes) is 1. The van der Waals surface area contributed by atoms with Gasteiger partial charge in [-0.3, -0.25) is 22.8 Å². The number of ether oxygens (including phenoxy) is 5. The lowest BCUT2D eigenvalue weighted by molar-refractivity contribution is -0.0353. The Morgan fingerprint density at radius 3 is 0.932 bits per heavy atom. The van der Waals surface area contributed by atoms with Crippen molar-refractivity contribution in [3.63, 3.8) is 0 Å². The minimum absolute atomic E-state index is 0.282. The van der Waals surface area contributed by atoms with Gasteiger partial charge in [-0.25, -0.2) is 74.8 Å². The molecule has 132 heavy (non-hydrogen) atoms. The van der Waals surface area contributed by atoms with Crippen LogP contribution in [0.2, 0.25) is 0 Å². The standard InChI is InChI=1S/C21H34N5O3PS.C18H30N5O3P.C17H28N5O3P.2C15H24N5O3P/c1-7-13(2)8-10-22-18-15-19(25-21(24-18)31-6)26(12-23-15)20-17(28)16(27)14(29-20)9-11-30(3,4)5;1-5-6-7-12-21-16(19)13-17(22-12)23(10-20-13)18-15(25)14(24)11(26-18)8-9-27(2,3)4;1-5-6-11-20-15(18)12-16(21-11)22(9-19-12)17-14(24)13(23)10(25-17)7-8-26(2,3)4;2*1-8-18-13(16)10-14(19-8)20(7-17-10)15-12(22)11(21)9(23-15)5-6-24(2,3)4/h8,12,14,16-17,20,27-28H,3,7,9-11H2,1-2,4-6H3,(H,22,24,25);10-11,14-15,18,24-25H,2,5-9H2,1,3-4H3,(H2,19,21,22);9-10,13-14,17,23-24H,2,5-8H2,1,3-4H3,(H2,18,20,21);2*7,9,11-12,15,21-22H,2,5-6H2,1,3-4H3,(H2,16,18,19)/b13-8-;;;;/t14-,16-,17-,20-;11-,14-,15-,18-;10-,13-,14-,17-;2*9-,11-,12-,15-/m11111/s1. The van der Waals surface area contributed by atoms with Crippen molar-refractivity contribution in [2.45, 2.75) is 240 Å². The van der Waals surface area contributed by atoms with Crippen LogP contribution in [0.1, 0.15) is 140 Å². The zero-order valence-electron chi connectivity index (χ0n) is 79.0. The molecule has 0 saturated carbocycles. The van der Waals surface area contributed by atoms with Gasteiger partial charge >= 0.3 is 0 Å². The Bertz CT molecular complexity index is 5780. The summed E-state index contributed by atoms with van der Waals surface area (Å²) in [4.78, 5) is 65.2. The number of aliphatic hydroxyl groups is 10. The smallest absolute Gasteiger partial charge is 0.191 e. The average molecular weight is 1950 g/mol. The van der Waals surface area contributed by atoms with Crippen molar-refractivity contribution >= 4 is 163 Å². The molecule has 0 amide bonds. The number of hydrogen-bond acceptors (Lipinski definition) is 36. The first-order valence-corrected chi connectivity index (χ1v) is 60.9. The molecule has 0 spiro atoms. The maximum absolute atomic E-state index is 10.7. The van der Waals surface area contributed by atoms with Crippen LogP contribution in [-0.4, -0.2) is 382 Å². The molecule has 0 radical (unpaired) electrons. The summed E-state index contributed by atoms with van der Waals surface area (Å²) in [6, 6.07) is 0. The highest BCUT2D eigenvalue weighted by atomic mass is 32.2. The van der Waals surface area contributed by atoms with Crippen molar-refractivity contribution in [2.24, 2.45) is 0 Å². The van der Waals surface area contributed by atoms with E-state index in [1.807, 2.05) is 13.2 Å². The predicted octanol–water partition coefficient (Wildman–Crippen LogP) is 6.45. The molecule has 5 saturated heterocycles. The number of fused-ring (bicyclic) bond motifs is 5. The molecule has 0 unspecified atom stereocenters. The zero-order chi connectivity index (χ0) is 96.9. The largest absolute Gasteiger partial charge is 0.388 e. The fraction of sp³-hybridized carbons (Fsp3) is 0.628. The van der Waals surface area contributed by atoms with Crippen LogP contribution in [0.5, 0.6) is 0 Å². The molecule has 19 N–H and O–H groups in total. The fourth-order valence-electron chi connectivity index (χ4n) is 15.7. The second kappa shape index (κ2) is 44.0. The van der Waals surface area contributed by atoms with Crippen LogP contribution in [0, 0.1) is 13.8 Å². The number of aliphatic hydroxyl groups excluding tert-OH is 10. The Morgan fingerprint density at radius 1 is 0.386 bits per heavy atom. The maximum Gasteiger partial charge on any atom is 0.191 e. The van der Waals surface area contributed by atoms with Gasteiger partial charge in [0.2, 0.25) is 0 Å². The SMILES string of the molecule is C=P(C)(C)CC[C@H]1O[C@@H](n2cnc3c(N)nc(C)nc32)[C@H](O)[C@@H]1O.C=P(C)(C)CC[C@H]1O[C@@H](n2cnc3c(N)nc(C)nc32)[C@H](O)[C@@H]1O.C=P(C)(C)CC[C@H]1O[C@@H](n2cnc3c(N)nc(CCC)nc32)[C@H](O)[C@@H]1O.C=P(C)(C)CC[C@H]1O[C@@H](n2cnc3c(N)nc(CCCC)nc32)[C@H](O)[C@@H]1O.C=P(C)(C)CC[C@H]1O[C@@H](n2cnc3c(NC/C=C(/C)CC)nc(SC)nc32)[C@H](O)[C@@H]1O. The summed E-state index contributed by atoms with van der Waals surface area (Å²) in [6.45, 7) is 27.7. The molecule has 40 nitrogen and oxygen atoms in total. The Labute approximate surface area is 775 Å². The predicted molar refractivity (Wildman–Crippen MR) is 537 cm³/mol. The number of hydrogen-bond donors (Lipinski definition) is 15. The fourth-order valence-corrected chi connectivity index (χ4v) is 20.9. The van der Waals surface area contributed by atoms with E-state index in [1.54, 1.807) is 49.3 Å². The van der Waals surface area contributed by atoms with E-state index in [0.717, 1.165) is 62.9 Å². The number of allylic oxidation sites excluding steroid dienone is 1. The van der Waals surface area contributed by atoms with E-state index in [9.17, 15) is 51.1 Å². The van der Waals surface area contributed by atoms with Gasteiger partial charge in [0.1, 0.15) is 106 Å². The third-order valence-electron chi connectivity index (χ3n) is 23.4. The molecule has 5 fully saturated rings. The number of aryl methyl sites for hydroxylation is 4. The monoisotopic (exact) mass is 1950 g/mol. The number of imidazole rings is 5. The molecule has 5 aliphatic heterocycles. The van der Waals surface area contributed by atoms with Crippen LogP contribution in [0.4, 0.5) is 29.1 Å². The topological polar surface area (TPSA) is 583 Å². The summed E-state index contributed by atoms with van der Waals surface area (Å²) in [6.07, 6.45) is 29.6. The highest BCUT2D eigenvalue weighted by Gasteiger charge is 2.49. The van der Waals surface area contributed by atoms with E-state index < -0.39 is 157 Å². The maximum atomic E-state index is 10.7. The lowest BCUT2D eigenvalue weighted by Gasteiger charge is -2.18. The molecule has 10 aromatic heterocycles. The van der Waals surface area contributed by atoms with Crippen LogP contribution in [0.25, 0.3) is 55.8 Å². The van der Waals surface area contributed by atoms with Crippen molar-refractivity contribution in [3.05, 3.63) is 66.6 Å². The van der Waals surface area contributed by atoms with Crippen LogP contribution in [-0.2, 0) is 36.5 Å². The summed E-state index contributed by atoms with van der Waals surface area (Å²) in [5.41, 5.74) is 30.1. The lowest BCUT2D eigenvalue weighted by atomic mass is 10.1. The molecule has 46 heteroatoms. The van der Waals surface area contributed by atoms with Gasteiger partial charge < -0.3 is 103 Å². The molecule has 0 aliphatic carbocycles. The summed E-state index contributed by atoms with van der Waals surface area (Å²) < 4.78 is 38.2. The second-order valence-electron chi connectivity index (χ2n) is 38.2. The third kappa shape index (κ3) is 26.0. The van der Waals surface area contributed by atoms with Gasteiger partial charge in [-0.05, 0) is 176 Å². The minimum atomic E-state index is -1.25. The quantitative estimate of drug-likeness (QED) is 0.00994. The Kier molecular flexibility index (Phi) is 35.1. The molecular formula is C86H140N25O15P5S. The lowest BCUT2D eigenvalue weighted by Crippen LogP contribution is -2.31.